The number of halogens is 1. The molecular weight excluding hydrogens is 325 g/mol. The van der Waals surface area contributed by atoms with Crippen molar-refractivity contribution in [1.82, 2.24) is 5.32 Å². The maximum atomic E-state index is 13.3. The number of ether oxygens (including phenoxy) is 1. The van der Waals surface area contributed by atoms with Gasteiger partial charge in [0.25, 0.3) is 5.91 Å². The van der Waals surface area contributed by atoms with Crippen LogP contribution in [0.25, 0.3) is 0 Å². The average molecular weight is 343 g/mol. The number of benzene rings is 2. The smallest absolute Gasteiger partial charge is 0.329 e. The van der Waals surface area contributed by atoms with Gasteiger partial charge >= 0.3 is 5.97 Å². The van der Waals surface area contributed by atoms with E-state index in [1.54, 1.807) is 12.1 Å². The van der Waals surface area contributed by atoms with Crippen LogP contribution in [0.4, 0.5) is 4.39 Å². The molecule has 1 aliphatic rings. The SMILES string of the molecule is C[C@](Cc1ccccc1)(NC(=O)[C@H]1Cc2cc(F)ccc2O1)C(=O)O. The van der Waals surface area contributed by atoms with Crippen molar-refractivity contribution in [2.24, 2.45) is 0 Å². The molecule has 1 aliphatic heterocycles. The van der Waals surface area contributed by atoms with Crippen molar-refractivity contribution < 1.29 is 23.8 Å². The summed E-state index contributed by atoms with van der Waals surface area (Å²) >= 11 is 0. The van der Waals surface area contributed by atoms with Gasteiger partial charge in [-0.3, -0.25) is 4.79 Å². The van der Waals surface area contributed by atoms with E-state index >= 15 is 0 Å². The second-order valence-corrected chi connectivity index (χ2v) is 6.35. The van der Waals surface area contributed by atoms with E-state index in [9.17, 15) is 19.1 Å². The molecule has 3 rings (SSSR count). The van der Waals surface area contributed by atoms with Gasteiger partial charge in [-0.2, -0.15) is 0 Å². The van der Waals surface area contributed by atoms with Crippen LogP contribution in [-0.2, 0) is 22.4 Å². The zero-order valence-corrected chi connectivity index (χ0v) is 13.7. The molecule has 6 heteroatoms. The van der Waals surface area contributed by atoms with Crippen molar-refractivity contribution in [3.05, 3.63) is 65.5 Å². The van der Waals surface area contributed by atoms with Gasteiger partial charge in [-0.25, -0.2) is 9.18 Å². The van der Waals surface area contributed by atoms with E-state index in [0.717, 1.165) is 5.56 Å². The summed E-state index contributed by atoms with van der Waals surface area (Å²) in [5, 5.41) is 12.2. The number of carbonyl (C=O) groups is 2. The van der Waals surface area contributed by atoms with E-state index < -0.39 is 29.3 Å². The Bertz CT molecular complexity index is 808. The van der Waals surface area contributed by atoms with Crippen molar-refractivity contribution in [3.8, 4) is 5.75 Å². The molecule has 0 saturated heterocycles. The van der Waals surface area contributed by atoms with Crippen LogP contribution in [0, 0.1) is 5.82 Å². The molecule has 0 bridgehead atoms. The van der Waals surface area contributed by atoms with Gasteiger partial charge in [-0.1, -0.05) is 30.3 Å². The molecule has 2 atom stereocenters. The number of carbonyl (C=O) groups excluding carboxylic acids is 1. The summed E-state index contributed by atoms with van der Waals surface area (Å²) < 4.78 is 18.8. The summed E-state index contributed by atoms with van der Waals surface area (Å²) in [4.78, 5) is 24.2. The Morgan fingerprint density at radius 1 is 1.28 bits per heavy atom. The molecule has 2 aromatic carbocycles. The number of aliphatic carboxylic acids is 1. The highest BCUT2D eigenvalue weighted by atomic mass is 19.1. The lowest BCUT2D eigenvalue weighted by Gasteiger charge is -2.27. The Hall–Kier alpha value is -2.89. The van der Waals surface area contributed by atoms with Gasteiger partial charge in [-0.05, 0) is 30.7 Å². The molecule has 0 spiro atoms. The van der Waals surface area contributed by atoms with Crippen LogP contribution in [-0.4, -0.2) is 28.6 Å². The quantitative estimate of drug-likeness (QED) is 0.874. The molecular formula is C19H18FNO4. The van der Waals surface area contributed by atoms with Crippen LogP contribution in [0.15, 0.2) is 48.5 Å². The van der Waals surface area contributed by atoms with Crippen LogP contribution >= 0.6 is 0 Å². The van der Waals surface area contributed by atoms with Crippen molar-refractivity contribution in [1.29, 1.82) is 0 Å². The summed E-state index contributed by atoms with van der Waals surface area (Å²) in [5.74, 6) is -1.62. The third-order valence-electron chi connectivity index (χ3n) is 4.26. The predicted octanol–water partition coefficient (Wildman–Crippen LogP) is 2.33. The number of rotatable bonds is 5. The Labute approximate surface area is 144 Å². The Balaban J connectivity index is 1.73. The number of carboxylic acids is 1. The van der Waals surface area contributed by atoms with Crippen LogP contribution in [0.3, 0.4) is 0 Å². The molecule has 25 heavy (non-hydrogen) atoms. The second kappa shape index (κ2) is 6.55. The number of carboxylic acid groups (broad SMARTS) is 1. The van der Waals surface area contributed by atoms with Crippen molar-refractivity contribution in [2.45, 2.75) is 31.4 Å². The Morgan fingerprint density at radius 2 is 2.00 bits per heavy atom. The number of nitrogens with one attached hydrogen (secondary N) is 1. The van der Waals surface area contributed by atoms with Crippen LogP contribution in [0.5, 0.6) is 5.75 Å². The summed E-state index contributed by atoms with van der Waals surface area (Å²) in [6.45, 7) is 1.46. The van der Waals surface area contributed by atoms with E-state index in [4.69, 9.17) is 4.74 Å². The molecule has 2 aromatic rings. The lowest BCUT2D eigenvalue weighted by atomic mass is 9.92. The minimum atomic E-state index is -1.47. The first kappa shape index (κ1) is 17.0. The van der Waals surface area contributed by atoms with Gasteiger partial charge < -0.3 is 15.2 Å². The molecule has 2 N–H and O–H groups in total. The van der Waals surface area contributed by atoms with E-state index in [2.05, 4.69) is 5.32 Å². The third kappa shape index (κ3) is 3.63. The first-order valence-corrected chi connectivity index (χ1v) is 7.92. The van der Waals surface area contributed by atoms with Gasteiger partial charge in [0.1, 0.15) is 17.1 Å². The molecule has 1 amide bonds. The molecule has 5 nitrogen and oxygen atoms in total. The monoisotopic (exact) mass is 343 g/mol. The van der Waals surface area contributed by atoms with Gasteiger partial charge in [0, 0.05) is 18.4 Å². The van der Waals surface area contributed by atoms with Crippen molar-refractivity contribution in [2.75, 3.05) is 0 Å². The van der Waals surface area contributed by atoms with Crippen molar-refractivity contribution in [3.63, 3.8) is 0 Å². The summed E-state index contributed by atoms with van der Waals surface area (Å²) in [5.41, 5.74) is -0.0763. The van der Waals surface area contributed by atoms with Crippen LogP contribution in [0.1, 0.15) is 18.1 Å². The highest BCUT2D eigenvalue weighted by Gasteiger charge is 2.39. The van der Waals surface area contributed by atoms with E-state index in [1.807, 2.05) is 18.2 Å². The Morgan fingerprint density at radius 3 is 2.68 bits per heavy atom. The third-order valence-corrected chi connectivity index (χ3v) is 4.26. The summed E-state index contributed by atoms with van der Waals surface area (Å²) in [7, 11) is 0. The summed E-state index contributed by atoms with van der Waals surface area (Å²) in [6, 6.07) is 13.1. The van der Waals surface area contributed by atoms with Crippen molar-refractivity contribution >= 4 is 11.9 Å². The molecule has 0 unspecified atom stereocenters. The fourth-order valence-corrected chi connectivity index (χ4v) is 2.89. The number of hydrogen-bond acceptors (Lipinski definition) is 3. The molecule has 0 aromatic heterocycles. The molecule has 130 valence electrons. The lowest BCUT2D eigenvalue weighted by Crippen LogP contribution is -2.56. The molecule has 0 aliphatic carbocycles. The highest BCUT2D eigenvalue weighted by Crippen LogP contribution is 2.29. The molecule has 0 saturated carbocycles. The number of amides is 1. The van der Waals surface area contributed by atoms with Gasteiger partial charge in [0.15, 0.2) is 6.10 Å². The molecule has 0 fully saturated rings. The fraction of sp³-hybridized carbons (Fsp3) is 0.263. The fourth-order valence-electron chi connectivity index (χ4n) is 2.89. The number of fused-ring (bicyclic) bond motifs is 1. The van der Waals surface area contributed by atoms with Gasteiger partial charge in [0.2, 0.25) is 0 Å². The molecule has 0 radical (unpaired) electrons. The van der Waals surface area contributed by atoms with Crippen LogP contribution < -0.4 is 10.1 Å². The largest absolute Gasteiger partial charge is 0.480 e. The molecule has 1 heterocycles. The number of hydrogen-bond donors (Lipinski definition) is 2. The lowest BCUT2D eigenvalue weighted by molar-refractivity contribution is -0.148. The standard InChI is InChI=1S/C19H18FNO4/c1-19(18(23)24,11-12-5-3-2-4-6-12)21-17(22)16-10-13-9-14(20)7-8-15(13)25-16/h2-9,16H,10-11H2,1H3,(H,21,22)(H,23,24)/t16-,19-/m1/s1. The zero-order valence-electron chi connectivity index (χ0n) is 13.7. The first-order valence-electron chi connectivity index (χ1n) is 7.92. The maximum absolute atomic E-state index is 13.3. The van der Waals surface area contributed by atoms with E-state index in [1.165, 1.54) is 25.1 Å². The van der Waals surface area contributed by atoms with Gasteiger partial charge in [0.05, 0.1) is 0 Å². The van der Waals surface area contributed by atoms with E-state index in [-0.39, 0.29) is 12.8 Å². The topological polar surface area (TPSA) is 75.6 Å². The minimum absolute atomic E-state index is 0.142. The minimum Gasteiger partial charge on any atom is -0.480 e. The zero-order chi connectivity index (χ0) is 18.0. The highest BCUT2D eigenvalue weighted by molar-refractivity contribution is 5.89. The Kier molecular flexibility index (Phi) is 4.44. The van der Waals surface area contributed by atoms with E-state index in [0.29, 0.717) is 11.3 Å². The predicted molar refractivity (Wildman–Crippen MR) is 88.8 cm³/mol. The summed E-state index contributed by atoms with van der Waals surface area (Å²) in [6.07, 6.45) is -0.519. The van der Waals surface area contributed by atoms with Crippen LogP contribution in [0.2, 0.25) is 0 Å². The first-order chi connectivity index (χ1) is 11.9. The maximum Gasteiger partial charge on any atom is 0.329 e. The average Bonchev–Trinajstić information content (AvgIpc) is 2.98. The second-order valence-electron chi connectivity index (χ2n) is 6.35. The normalized spacial score (nSPS) is 17.9. The van der Waals surface area contributed by atoms with Gasteiger partial charge in [-0.15, -0.1) is 0 Å².